The van der Waals surface area contributed by atoms with E-state index < -0.39 is 11.6 Å². The van der Waals surface area contributed by atoms with Crippen molar-refractivity contribution in [1.82, 2.24) is 5.32 Å². The first-order valence-corrected chi connectivity index (χ1v) is 6.12. The van der Waals surface area contributed by atoms with Gasteiger partial charge < -0.3 is 15.3 Å². The van der Waals surface area contributed by atoms with Crippen molar-refractivity contribution in [2.75, 3.05) is 31.6 Å². The van der Waals surface area contributed by atoms with Crippen molar-refractivity contribution in [2.45, 2.75) is 19.9 Å². The van der Waals surface area contributed by atoms with Crippen molar-refractivity contribution in [3.63, 3.8) is 0 Å². The Balaban J connectivity index is 3.05. The molecular formula is C13H20F2N2O. The Kier molecular flexibility index (Phi) is 6.01. The SMILES string of the molecule is CCCN(CCO)c1c(F)cc(CNC)cc1F. The van der Waals surface area contributed by atoms with Gasteiger partial charge in [-0.1, -0.05) is 6.92 Å². The number of benzene rings is 1. The summed E-state index contributed by atoms with van der Waals surface area (Å²) in [5, 5.41) is 11.8. The van der Waals surface area contributed by atoms with Gasteiger partial charge in [-0.3, -0.25) is 0 Å². The molecule has 0 unspecified atom stereocenters. The first-order chi connectivity index (χ1) is 8.63. The zero-order chi connectivity index (χ0) is 13.5. The molecule has 0 heterocycles. The number of hydrogen-bond donors (Lipinski definition) is 2. The van der Waals surface area contributed by atoms with Crippen LogP contribution in [-0.2, 0) is 6.54 Å². The van der Waals surface area contributed by atoms with E-state index in [2.05, 4.69) is 5.32 Å². The second-order valence-corrected chi connectivity index (χ2v) is 4.15. The van der Waals surface area contributed by atoms with E-state index in [1.54, 1.807) is 7.05 Å². The predicted molar refractivity (Wildman–Crippen MR) is 68.7 cm³/mol. The summed E-state index contributed by atoms with van der Waals surface area (Å²) in [6, 6.07) is 2.66. The van der Waals surface area contributed by atoms with Gasteiger partial charge in [0.1, 0.15) is 17.3 Å². The molecule has 0 aromatic heterocycles. The number of hydrogen-bond acceptors (Lipinski definition) is 3. The lowest BCUT2D eigenvalue weighted by Gasteiger charge is -2.24. The van der Waals surface area contributed by atoms with Gasteiger partial charge in [0.05, 0.1) is 6.61 Å². The third-order valence-electron chi connectivity index (χ3n) is 2.64. The van der Waals surface area contributed by atoms with Crippen LogP contribution in [0, 0.1) is 11.6 Å². The van der Waals surface area contributed by atoms with Gasteiger partial charge in [-0.25, -0.2) is 8.78 Å². The fourth-order valence-corrected chi connectivity index (χ4v) is 1.95. The molecule has 1 aromatic rings. The van der Waals surface area contributed by atoms with E-state index in [4.69, 9.17) is 5.11 Å². The Hall–Kier alpha value is -1.20. The fourth-order valence-electron chi connectivity index (χ4n) is 1.95. The smallest absolute Gasteiger partial charge is 0.149 e. The highest BCUT2D eigenvalue weighted by atomic mass is 19.1. The summed E-state index contributed by atoms with van der Waals surface area (Å²) in [5.41, 5.74) is 0.516. The van der Waals surface area contributed by atoms with E-state index in [1.165, 1.54) is 17.0 Å². The number of nitrogens with one attached hydrogen (secondary N) is 1. The maximum Gasteiger partial charge on any atom is 0.149 e. The van der Waals surface area contributed by atoms with E-state index in [0.717, 1.165) is 6.42 Å². The van der Waals surface area contributed by atoms with Gasteiger partial charge in [0, 0.05) is 19.6 Å². The van der Waals surface area contributed by atoms with Crippen molar-refractivity contribution >= 4 is 5.69 Å². The molecule has 0 bridgehead atoms. The topological polar surface area (TPSA) is 35.5 Å². The van der Waals surface area contributed by atoms with Crippen LogP contribution in [0.5, 0.6) is 0 Å². The summed E-state index contributed by atoms with van der Waals surface area (Å²) < 4.78 is 27.9. The van der Waals surface area contributed by atoms with Gasteiger partial charge in [0.2, 0.25) is 0 Å². The van der Waals surface area contributed by atoms with Crippen LogP contribution in [-0.4, -0.2) is 31.9 Å². The van der Waals surface area contributed by atoms with Crippen LogP contribution in [0.2, 0.25) is 0 Å². The Bertz CT molecular complexity index is 356. The maximum atomic E-state index is 13.9. The van der Waals surface area contributed by atoms with E-state index in [1.807, 2.05) is 6.92 Å². The van der Waals surface area contributed by atoms with Crippen molar-refractivity contribution in [3.8, 4) is 0 Å². The summed E-state index contributed by atoms with van der Waals surface area (Å²) in [7, 11) is 1.72. The van der Waals surface area contributed by atoms with Crippen molar-refractivity contribution < 1.29 is 13.9 Å². The molecule has 1 aromatic carbocycles. The second-order valence-electron chi connectivity index (χ2n) is 4.15. The summed E-state index contributed by atoms with van der Waals surface area (Å²) in [4.78, 5) is 1.54. The second kappa shape index (κ2) is 7.28. The van der Waals surface area contributed by atoms with Crippen LogP contribution in [0.15, 0.2) is 12.1 Å². The Morgan fingerprint density at radius 2 is 1.83 bits per heavy atom. The normalized spacial score (nSPS) is 10.7. The number of aliphatic hydroxyl groups is 1. The molecule has 0 aliphatic heterocycles. The Morgan fingerprint density at radius 1 is 1.22 bits per heavy atom. The van der Waals surface area contributed by atoms with Crippen LogP contribution >= 0.6 is 0 Å². The van der Waals surface area contributed by atoms with Crippen molar-refractivity contribution in [2.24, 2.45) is 0 Å². The molecular weight excluding hydrogens is 238 g/mol. The van der Waals surface area contributed by atoms with Crippen LogP contribution in [0.4, 0.5) is 14.5 Å². The summed E-state index contributed by atoms with van der Waals surface area (Å²) in [6.45, 7) is 2.96. The average molecular weight is 258 g/mol. The van der Waals surface area contributed by atoms with Crippen molar-refractivity contribution in [1.29, 1.82) is 0 Å². The van der Waals surface area contributed by atoms with Gasteiger partial charge in [0.15, 0.2) is 0 Å². The zero-order valence-corrected chi connectivity index (χ0v) is 10.8. The number of halogens is 2. The van der Waals surface area contributed by atoms with E-state index in [0.29, 0.717) is 18.7 Å². The largest absolute Gasteiger partial charge is 0.395 e. The lowest BCUT2D eigenvalue weighted by atomic mass is 10.1. The highest BCUT2D eigenvalue weighted by Crippen LogP contribution is 2.25. The molecule has 5 heteroatoms. The minimum atomic E-state index is -0.581. The van der Waals surface area contributed by atoms with Gasteiger partial charge in [-0.15, -0.1) is 0 Å². The standard InChI is InChI=1S/C13H20F2N2O/c1-3-4-17(5-6-18)13-11(14)7-10(9-16-2)8-12(13)15/h7-8,16,18H,3-6,9H2,1-2H3. The molecule has 0 amide bonds. The van der Waals surface area contributed by atoms with Crippen LogP contribution in [0.3, 0.4) is 0 Å². The first-order valence-electron chi connectivity index (χ1n) is 6.12. The van der Waals surface area contributed by atoms with Gasteiger partial charge in [0.25, 0.3) is 0 Å². The maximum absolute atomic E-state index is 13.9. The zero-order valence-electron chi connectivity index (χ0n) is 10.8. The fraction of sp³-hybridized carbons (Fsp3) is 0.538. The number of aliphatic hydroxyl groups excluding tert-OH is 1. The monoisotopic (exact) mass is 258 g/mol. The summed E-state index contributed by atoms with van der Waals surface area (Å²) in [6.07, 6.45) is 0.761. The summed E-state index contributed by atoms with van der Waals surface area (Å²) >= 11 is 0. The molecule has 0 aliphatic carbocycles. The van der Waals surface area contributed by atoms with E-state index in [-0.39, 0.29) is 18.8 Å². The highest BCUT2D eigenvalue weighted by Gasteiger charge is 2.17. The molecule has 0 radical (unpaired) electrons. The lowest BCUT2D eigenvalue weighted by Crippen LogP contribution is -2.29. The summed E-state index contributed by atoms with van der Waals surface area (Å²) in [5.74, 6) is -1.16. The molecule has 0 fully saturated rings. The number of anilines is 1. The molecule has 2 N–H and O–H groups in total. The molecule has 18 heavy (non-hydrogen) atoms. The quantitative estimate of drug-likeness (QED) is 0.784. The number of rotatable bonds is 7. The molecule has 102 valence electrons. The number of nitrogens with zero attached hydrogens (tertiary/aromatic N) is 1. The molecule has 0 saturated carbocycles. The van der Waals surface area contributed by atoms with E-state index >= 15 is 0 Å². The molecule has 0 atom stereocenters. The molecule has 1 rings (SSSR count). The van der Waals surface area contributed by atoms with Crippen LogP contribution < -0.4 is 10.2 Å². The van der Waals surface area contributed by atoms with Crippen molar-refractivity contribution in [3.05, 3.63) is 29.3 Å². The molecule has 0 saturated heterocycles. The predicted octanol–water partition coefficient (Wildman–Crippen LogP) is 1.89. The highest BCUT2D eigenvalue weighted by molar-refractivity contribution is 5.50. The Morgan fingerprint density at radius 3 is 2.28 bits per heavy atom. The van der Waals surface area contributed by atoms with Gasteiger partial charge in [-0.05, 0) is 31.2 Å². The third-order valence-corrected chi connectivity index (χ3v) is 2.64. The third kappa shape index (κ3) is 3.65. The molecule has 0 aliphatic rings. The van der Waals surface area contributed by atoms with Crippen LogP contribution in [0.25, 0.3) is 0 Å². The molecule has 0 spiro atoms. The Labute approximate surface area is 106 Å². The van der Waals surface area contributed by atoms with E-state index in [9.17, 15) is 8.78 Å². The van der Waals surface area contributed by atoms with Gasteiger partial charge in [-0.2, -0.15) is 0 Å². The molecule has 3 nitrogen and oxygen atoms in total. The van der Waals surface area contributed by atoms with Crippen LogP contribution in [0.1, 0.15) is 18.9 Å². The van der Waals surface area contributed by atoms with Gasteiger partial charge >= 0.3 is 0 Å². The first kappa shape index (κ1) is 14.9. The lowest BCUT2D eigenvalue weighted by molar-refractivity contribution is 0.301. The minimum Gasteiger partial charge on any atom is -0.395 e. The average Bonchev–Trinajstić information content (AvgIpc) is 2.29. The minimum absolute atomic E-state index is 0.0502.